The van der Waals surface area contributed by atoms with Crippen molar-refractivity contribution in [2.24, 2.45) is 0 Å². The van der Waals surface area contributed by atoms with E-state index in [9.17, 15) is 9.59 Å². The van der Waals surface area contributed by atoms with Gasteiger partial charge in [-0.2, -0.15) is 5.10 Å². The number of para-hydroxylation sites is 1. The summed E-state index contributed by atoms with van der Waals surface area (Å²) in [5, 5.41) is 16.6. The smallest absolute Gasteiger partial charge is 0.328 e. The molecule has 7 heteroatoms. The number of rotatable bonds is 2. The lowest BCUT2D eigenvalue weighted by Gasteiger charge is -2.32. The predicted molar refractivity (Wildman–Crippen MR) is 69.4 cm³/mol. The summed E-state index contributed by atoms with van der Waals surface area (Å²) >= 11 is 0. The third-order valence-corrected chi connectivity index (χ3v) is 3.35. The van der Waals surface area contributed by atoms with Gasteiger partial charge in [-0.25, -0.2) is 4.79 Å². The Morgan fingerprint density at radius 2 is 2.20 bits per heavy atom. The van der Waals surface area contributed by atoms with E-state index in [0.29, 0.717) is 12.0 Å². The van der Waals surface area contributed by atoms with Gasteiger partial charge >= 0.3 is 5.97 Å². The first-order chi connectivity index (χ1) is 9.68. The van der Waals surface area contributed by atoms with E-state index >= 15 is 0 Å². The van der Waals surface area contributed by atoms with Crippen LogP contribution in [0.15, 0.2) is 24.3 Å². The van der Waals surface area contributed by atoms with Crippen LogP contribution in [0.5, 0.6) is 0 Å². The average Bonchev–Trinajstić information content (AvgIpc) is 2.90. The summed E-state index contributed by atoms with van der Waals surface area (Å²) in [7, 11) is 0. The highest BCUT2D eigenvalue weighted by Gasteiger charge is 2.34. The number of carboxylic acid groups (broad SMARTS) is 1. The quantitative estimate of drug-likeness (QED) is 0.831. The van der Waals surface area contributed by atoms with Crippen LogP contribution in [0, 0.1) is 0 Å². The van der Waals surface area contributed by atoms with E-state index < -0.39 is 17.9 Å². The number of benzene rings is 1. The van der Waals surface area contributed by atoms with Crippen molar-refractivity contribution < 1.29 is 19.4 Å². The second-order valence-electron chi connectivity index (χ2n) is 4.55. The first kappa shape index (κ1) is 12.6. The fraction of sp³-hybridized carbons (Fsp3) is 0.308. The van der Waals surface area contributed by atoms with Gasteiger partial charge < -0.3 is 14.7 Å². The van der Waals surface area contributed by atoms with E-state index in [2.05, 4.69) is 10.2 Å². The molecule has 104 valence electrons. The SMILES string of the molecule is O=C(O)[C@H]1COCCN1C(=O)c1n[nH]c2ccccc12. The Bertz CT molecular complexity index is 666. The molecule has 0 aliphatic carbocycles. The molecule has 0 unspecified atom stereocenters. The zero-order valence-corrected chi connectivity index (χ0v) is 10.6. The zero-order chi connectivity index (χ0) is 14.1. The molecule has 1 aromatic carbocycles. The molecule has 1 aliphatic heterocycles. The Balaban J connectivity index is 1.96. The molecular formula is C13H13N3O4. The molecule has 1 aliphatic rings. The summed E-state index contributed by atoms with van der Waals surface area (Å²) in [6.07, 6.45) is 0. The Hall–Kier alpha value is -2.41. The lowest BCUT2D eigenvalue weighted by atomic mass is 10.1. The second kappa shape index (κ2) is 4.93. The van der Waals surface area contributed by atoms with Crippen molar-refractivity contribution >= 4 is 22.8 Å². The van der Waals surface area contributed by atoms with Crippen molar-refractivity contribution in [3.63, 3.8) is 0 Å². The van der Waals surface area contributed by atoms with Crippen molar-refractivity contribution in [2.45, 2.75) is 6.04 Å². The Kier molecular flexibility index (Phi) is 3.11. The van der Waals surface area contributed by atoms with Gasteiger partial charge in [0.15, 0.2) is 11.7 Å². The topological polar surface area (TPSA) is 95.5 Å². The molecule has 2 heterocycles. The molecule has 3 rings (SSSR count). The second-order valence-corrected chi connectivity index (χ2v) is 4.55. The number of carboxylic acids is 1. The van der Waals surface area contributed by atoms with Crippen LogP contribution >= 0.6 is 0 Å². The number of ether oxygens (including phenoxy) is 1. The number of aliphatic carboxylic acids is 1. The monoisotopic (exact) mass is 275 g/mol. The fourth-order valence-corrected chi connectivity index (χ4v) is 2.31. The molecule has 0 bridgehead atoms. The minimum Gasteiger partial charge on any atom is -0.480 e. The van der Waals surface area contributed by atoms with E-state index in [1.165, 1.54) is 4.90 Å². The molecule has 1 aromatic heterocycles. The number of aromatic amines is 1. The van der Waals surface area contributed by atoms with Crippen molar-refractivity contribution in [1.29, 1.82) is 0 Å². The first-order valence-corrected chi connectivity index (χ1v) is 6.23. The zero-order valence-electron chi connectivity index (χ0n) is 10.6. The van der Waals surface area contributed by atoms with Crippen LogP contribution < -0.4 is 0 Å². The molecule has 2 aromatic rings. The standard InChI is InChI=1S/C13H13N3O4/c17-12(16-5-6-20-7-10(16)13(18)19)11-8-3-1-2-4-9(8)14-15-11/h1-4,10H,5-7H2,(H,14,15)(H,18,19)/t10-/m1/s1. The number of amides is 1. The third-order valence-electron chi connectivity index (χ3n) is 3.35. The summed E-state index contributed by atoms with van der Waals surface area (Å²) in [4.78, 5) is 25.0. The van der Waals surface area contributed by atoms with Gasteiger partial charge in [-0.3, -0.25) is 9.89 Å². The molecule has 1 fully saturated rings. The van der Waals surface area contributed by atoms with Gasteiger partial charge in [0.05, 0.1) is 18.7 Å². The fourth-order valence-electron chi connectivity index (χ4n) is 2.31. The van der Waals surface area contributed by atoms with E-state index in [0.717, 1.165) is 5.52 Å². The Morgan fingerprint density at radius 1 is 1.40 bits per heavy atom. The third kappa shape index (κ3) is 2.01. The lowest BCUT2D eigenvalue weighted by molar-refractivity contribution is -0.147. The van der Waals surface area contributed by atoms with Gasteiger partial charge in [0.25, 0.3) is 5.91 Å². The summed E-state index contributed by atoms with van der Waals surface area (Å²) in [6, 6.07) is 6.27. The van der Waals surface area contributed by atoms with Crippen LogP contribution in [0.25, 0.3) is 10.9 Å². The molecule has 1 saturated heterocycles. The Labute approximate surface area is 114 Å². The summed E-state index contributed by atoms with van der Waals surface area (Å²) in [6.45, 7) is 0.582. The molecule has 0 saturated carbocycles. The van der Waals surface area contributed by atoms with Crippen LogP contribution in [0.4, 0.5) is 0 Å². The van der Waals surface area contributed by atoms with Gasteiger partial charge in [0.2, 0.25) is 0 Å². The van der Waals surface area contributed by atoms with Crippen LogP contribution in [0.2, 0.25) is 0 Å². The molecule has 1 amide bonds. The number of fused-ring (bicyclic) bond motifs is 1. The number of hydrogen-bond donors (Lipinski definition) is 2. The normalized spacial score (nSPS) is 19.2. The van der Waals surface area contributed by atoms with E-state index in [1.54, 1.807) is 6.07 Å². The lowest BCUT2D eigenvalue weighted by Crippen LogP contribution is -2.52. The number of aromatic nitrogens is 2. The van der Waals surface area contributed by atoms with E-state index in [4.69, 9.17) is 9.84 Å². The minimum absolute atomic E-state index is 0.00340. The van der Waals surface area contributed by atoms with Crippen LogP contribution in [0.3, 0.4) is 0 Å². The van der Waals surface area contributed by atoms with Crippen molar-refractivity contribution in [3.8, 4) is 0 Å². The number of carbonyl (C=O) groups is 2. The maximum atomic E-state index is 12.5. The number of carbonyl (C=O) groups excluding carboxylic acids is 1. The highest BCUT2D eigenvalue weighted by atomic mass is 16.5. The Morgan fingerprint density at radius 3 is 3.00 bits per heavy atom. The minimum atomic E-state index is -1.07. The molecule has 20 heavy (non-hydrogen) atoms. The number of nitrogens with zero attached hydrogens (tertiary/aromatic N) is 2. The predicted octanol–water partition coefficient (Wildman–Crippen LogP) is 0.488. The average molecular weight is 275 g/mol. The number of hydrogen-bond acceptors (Lipinski definition) is 4. The number of morpholine rings is 1. The number of nitrogens with one attached hydrogen (secondary N) is 1. The highest BCUT2D eigenvalue weighted by Crippen LogP contribution is 2.19. The van der Waals surface area contributed by atoms with Gasteiger partial charge in [0, 0.05) is 11.9 Å². The van der Waals surface area contributed by atoms with Gasteiger partial charge in [-0.05, 0) is 6.07 Å². The van der Waals surface area contributed by atoms with Crippen LogP contribution in [0.1, 0.15) is 10.5 Å². The molecular weight excluding hydrogens is 262 g/mol. The molecule has 1 atom stereocenters. The maximum absolute atomic E-state index is 12.5. The largest absolute Gasteiger partial charge is 0.480 e. The van der Waals surface area contributed by atoms with Crippen LogP contribution in [-0.2, 0) is 9.53 Å². The molecule has 0 spiro atoms. The van der Waals surface area contributed by atoms with Gasteiger partial charge in [-0.15, -0.1) is 0 Å². The van der Waals surface area contributed by atoms with Gasteiger partial charge in [-0.1, -0.05) is 18.2 Å². The summed E-state index contributed by atoms with van der Waals surface area (Å²) in [5.74, 6) is -1.46. The molecule has 0 radical (unpaired) electrons. The van der Waals surface area contributed by atoms with Crippen LogP contribution in [-0.4, -0.2) is 57.9 Å². The molecule has 7 nitrogen and oxygen atoms in total. The first-order valence-electron chi connectivity index (χ1n) is 6.23. The van der Waals surface area contributed by atoms with Crippen molar-refractivity contribution in [3.05, 3.63) is 30.0 Å². The van der Waals surface area contributed by atoms with E-state index in [-0.39, 0.29) is 18.8 Å². The van der Waals surface area contributed by atoms with Crippen molar-refractivity contribution in [2.75, 3.05) is 19.8 Å². The van der Waals surface area contributed by atoms with Crippen molar-refractivity contribution in [1.82, 2.24) is 15.1 Å². The summed E-state index contributed by atoms with van der Waals surface area (Å²) in [5.41, 5.74) is 0.990. The van der Waals surface area contributed by atoms with E-state index in [1.807, 2.05) is 18.2 Å². The summed E-state index contributed by atoms with van der Waals surface area (Å²) < 4.78 is 5.13. The van der Waals surface area contributed by atoms with Gasteiger partial charge in [0.1, 0.15) is 0 Å². The highest BCUT2D eigenvalue weighted by molar-refractivity contribution is 6.05. The number of H-pyrrole nitrogens is 1. The maximum Gasteiger partial charge on any atom is 0.328 e. The molecule has 2 N–H and O–H groups in total.